The van der Waals surface area contributed by atoms with E-state index in [1.807, 2.05) is 30.3 Å². The number of nitrogens with zero attached hydrogens (tertiary/aromatic N) is 2. The Morgan fingerprint density at radius 3 is 2.71 bits per heavy atom. The number of oxime groups is 1. The van der Waals surface area contributed by atoms with Crippen molar-refractivity contribution in [3.05, 3.63) is 47.0 Å². The second-order valence-corrected chi connectivity index (χ2v) is 5.25. The van der Waals surface area contributed by atoms with Crippen LogP contribution in [0.25, 0.3) is 0 Å². The van der Waals surface area contributed by atoms with Gasteiger partial charge in [-0.2, -0.15) is 0 Å². The van der Waals surface area contributed by atoms with Crippen molar-refractivity contribution in [1.29, 1.82) is 0 Å². The Morgan fingerprint density at radius 1 is 1.29 bits per heavy atom. The summed E-state index contributed by atoms with van der Waals surface area (Å²) < 4.78 is 9.81. The molecule has 0 aliphatic heterocycles. The van der Waals surface area contributed by atoms with E-state index in [0.717, 1.165) is 16.9 Å². The lowest BCUT2D eigenvalue weighted by Crippen LogP contribution is -2.19. The standard InChI is InChI=1S/C15H15N3O5S/c1-2-22-13(19)12(18-21)11-9-24-14(16-11)17-15(20)23-8-10-6-4-3-5-7-10/h3-7,9,21H,2,8H2,1H3,(H,16,17,20)/b18-12+. The van der Waals surface area contributed by atoms with E-state index < -0.39 is 12.1 Å². The average molecular weight is 349 g/mol. The molecule has 9 heteroatoms. The molecule has 1 amide bonds. The normalized spacial score (nSPS) is 11.0. The summed E-state index contributed by atoms with van der Waals surface area (Å²) in [4.78, 5) is 27.3. The smallest absolute Gasteiger partial charge is 0.413 e. The van der Waals surface area contributed by atoms with Crippen LogP contribution in [0.1, 0.15) is 18.2 Å². The largest absolute Gasteiger partial charge is 0.461 e. The van der Waals surface area contributed by atoms with Gasteiger partial charge in [0.2, 0.25) is 5.71 Å². The minimum atomic E-state index is -0.802. The molecule has 1 aromatic heterocycles. The van der Waals surface area contributed by atoms with Gasteiger partial charge in [-0.3, -0.25) is 5.32 Å². The third-order valence-corrected chi connectivity index (χ3v) is 3.50. The molecule has 0 spiro atoms. The number of thiazole rings is 1. The number of amides is 1. The van der Waals surface area contributed by atoms with Crippen molar-refractivity contribution in [2.24, 2.45) is 5.16 Å². The van der Waals surface area contributed by atoms with Crippen molar-refractivity contribution in [3.63, 3.8) is 0 Å². The van der Waals surface area contributed by atoms with Crippen molar-refractivity contribution in [2.45, 2.75) is 13.5 Å². The fraction of sp³-hybridized carbons (Fsp3) is 0.200. The summed E-state index contributed by atoms with van der Waals surface area (Å²) >= 11 is 1.06. The lowest BCUT2D eigenvalue weighted by Gasteiger charge is -2.04. The Kier molecular flexibility index (Phi) is 6.26. The van der Waals surface area contributed by atoms with Gasteiger partial charge >= 0.3 is 12.1 Å². The van der Waals surface area contributed by atoms with Gasteiger partial charge in [0.05, 0.1) is 6.61 Å². The van der Waals surface area contributed by atoms with E-state index in [1.54, 1.807) is 6.92 Å². The number of benzene rings is 1. The van der Waals surface area contributed by atoms with E-state index in [0.29, 0.717) is 0 Å². The van der Waals surface area contributed by atoms with Crippen LogP contribution >= 0.6 is 11.3 Å². The first-order valence-electron chi connectivity index (χ1n) is 6.96. The zero-order valence-electron chi connectivity index (χ0n) is 12.8. The molecule has 2 rings (SSSR count). The number of rotatable bonds is 6. The molecule has 0 aliphatic rings. The minimum Gasteiger partial charge on any atom is -0.461 e. The first-order valence-corrected chi connectivity index (χ1v) is 7.84. The minimum absolute atomic E-state index is 0.0966. The van der Waals surface area contributed by atoms with Crippen LogP contribution in [0, 0.1) is 0 Å². The number of hydrogen-bond donors (Lipinski definition) is 2. The number of carbonyl (C=O) groups excluding carboxylic acids is 2. The van der Waals surface area contributed by atoms with Crippen molar-refractivity contribution in [2.75, 3.05) is 11.9 Å². The third-order valence-electron chi connectivity index (χ3n) is 2.74. The Hall–Kier alpha value is -2.94. The van der Waals surface area contributed by atoms with Crippen LogP contribution in [0.2, 0.25) is 0 Å². The fourth-order valence-corrected chi connectivity index (χ4v) is 2.36. The average Bonchev–Trinajstić information content (AvgIpc) is 3.03. The zero-order chi connectivity index (χ0) is 17.4. The van der Waals surface area contributed by atoms with Crippen molar-refractivity contribution in [1.82, 2.24) is 4.98 Å². The van der Waals surface area contributed by atoms with Gasteiger partial charge in [-0.25, -0.2) is 14.6 Å². The summed E-state index contributed by atoms with van der Waals surface area (Å²) in [5, 5.41) is 15.9. The first-order chi connectivity index (χ1) is 11.6. The molecule has 0 aliphatic carbocycles. The van der Waals surface area contributed by atoms with Crippen LogP contribution in [-0.2, 0) is 20.9 Å². The molecule has 1 aromatic carbocycles. The summed E-state index contributed by atoms with van der Waals surface area (Å²) in [6.07, 6.45) is -0.682. The Morgan fingerprint density at radius 2 is 2.04 bits per heavy atom. The predicted molar refractivity (Wildman–Crippen MR) is 87.3 cm³/mol. The summed E-state index contributed by atoms with van der Waals surface area (Å²) in [5.41, 5.74) is 0.614. The van der Waals surface area contributed by atoms with Crippen LogP contribution in [0.4, 0.5) is 9.93 Å². The molecule has 0 fully saturated rings. The zero-order valence-corrected chi connectivity index (χ0v) is 13.6. The summed E-state index contributed by atoms with van der Waals surface area (Å²) in [6.45, 7) is 1.89. The number of anilines is 1. The molecule has 0 unspecified atom stereocenters. The molecule has 0 atom stereocenters. The molecule has 2 N–H and O–H groups in total. The highest BCUT2D eigenvalue weighted by Gasteiger charge is 2.20. The first kappa shape index (κ1) is 17.4. The maximum atomic E-state index is 11.7. The van der Waals surface area contributed by atoms with Gasteiger partial charge in [-0.15, -0.1) is 11.3 Å². The molecule has 24 heavy (non-hydrogen) atoms. The number of ether oxygens (including phenoxy) is 2. The molecule has 0 radical (unpaired) electrons. The number of hydrogen-bond acceptors (Lipinski definition) is 8. The van der Waals surface area contributed by atoms with Crippen LogP contribution in [-0.4, -0.2) is 34.6 Å². The van der Waals surface area contributed by atoms with E-state index in [-0.39, 0.29) is 29.8 Å². The second-order valence-electron chi connectivity index (χ2n) is 4.39. The van der Waals surface area contributed by atoms with Crippen molar-refractivity contribution in [3.8, 4) is 0 Å². The van der Waals surface area contributed by atoms with Gasteiger partial charge in [0.1, 0.15) is 12.3 Å². The van der Waals surface area contributed by atoms with Gasteiger partial charge in [0.25, 0.3) is 0 Å². The Balaban J connectivity index is 1.93. The molecule has 0 bridgehead atoms. The number of nitrogens with one attached hydrogen (secondary N) is 1. The van der Waals surface area contributed by atoms with Crippen molar-refractivity contribution >= 4 is 34.2 Å². The molecule has 8 nitrogen and oxygen atoms in total. The Labute approximate surface area is 141 Å². The van der Waals surface area contributed by atoms with Crippen LogP contribution < -0.4 is 5.32 Å². The summed E-state index contributed by atoms with van der Waals surface area (Å²) in [6, 6.07) is 9.21. The van der Waals surface area contributed by atoms with Crippen LogP contribution in [0.5, 0.6) is 0 Å². The van der Waals surface area contributed by atoms with Gasteiger partial charge < -0.3 is 14.7 Å². The highest BCUT2D eigenvalue weighted by molar-refractivity contribution is 7.14. The molecule has 126 valence electrons. The molecular formula is C15H15N3O5S. The number of aromatic nitrogens is 1. The lowest BCUT2D eigenvalue weighted by molar-refractivity contribution is -0.135. The summed E-state index contributed by atoms with van der Waals surface area (Å²) in [7, 11) is 0. The van der Waals surface area contributed by atoms with Crippen LogP contribution in [0.3, 0.4) is 0 Å². The maximum Gasteiger partial charge on any atom is 0.413 e. The Bertz CT molecular complexity index is 730. The monoisotopic (exact) mass is 349 g/mol. The number of esters is 1. The highest BCUT2D eigenvalue weighted by Crippen LogP contribution is 2.17. The lowest BCUT2D eigenvalue weighted by atomic mass is 10.2. The molecule has 1 heterocycles. The molecular weight excluding hydrogens is 334 g/mol. The van der Waals surface area contributed by atoms with Gasteiger partial charge in [0, 0.05) is 5.38 Å². The number of carbonyl (C=O) groups is 2. The van der Waals surface area contributed by atoms with E-state index in [4.69, 9.17) is 14.7 Å². The summed E-state index contributed by atoms with van der Waals surface area (Å²) in [5.74, 6) is -0.802. The topological polar surface area (TPSA) is 110 Å². The molecule has 2 aromatic rings. The van der Waals surface area contributed by atoms with E-state index in [1.165, 1.54) is 5.38 Å². The van der Waals surface area contributed by atoms with E-state index in [2.05, 4.69) is 15.5 Å². The highest BCUT2D eigenvalue weighted by atomic mass is 32.1. The third kappa shape index (κ3) is 4.78. The van der Waals surface area contributed by atoms with E-state index in [9.17, 15) is 9.59 Å². The van der Waals surface area contributed by atoms with Gasteiger partial charge in [-0.1, -0.05) is 35.5 Å². The van der Waals surface area contributed by atoms with Gasteiger partial charge in [-0.05, 0) is 12.5 Å². The molecule has 0 saturated carbocycles. The van der Waals surface area contributed by atoms with Crippen molar-refractivity contribution < 1.29 is 24.3 Å². The quantitative estimate of drug-likeness (QED) is 0.359. The SMILES string of the molecule is CCOC(=O)/C(=N/O)c1csc(NC(=O)OCc2ccccc2)n1. The molecule has 0 saturated heterocycles. The van der Waals surface area contributed by atoms with Crippen LogP contribution in [0.15, 0.2) is 40.9 Å². The predicted octanol–water partition coefficient (Wildman–Crippen LogP) is 2.63. The van der Waals surface area contributed by atoms with E-state index >= 15 is 0 Å². The maximum absolute atomic E-state index is 11.7. The fourth-order valence-electron chi connectivity index (χ4n) is 1.68. The van der Waals surface area contributed by atoms with Gasteiger partial charge in [0.15, 0.2) is 5.13 Å². The second kappa shape index (κ2) is 8.63.